The first-order valence-electron chi connectivity index (χ1n) is 6.81. The Labute approximate surface area is 140 Å². The third-order valence-corrected chi connectivity index (χ3v) is 4.79. The van der Waals surface area contributed by atoms with Gasteiger partial charge in [0.25, 0.3) is 0 Å². The molecule has 118 valence electrons. The van der Waals surface area contributed by atoms with Gasteiger partial charge in [-0.3, -0.25) is 0 Å². The molecule has 1 heterocycles. The van der Waals surface area contributed by atoms with Gasteiger partial charge in [0.05, 0.1) is 10.2 Å². The van der Waals surface area contributed by atoms with Crippen LogP contribution in [0.3, 0.4) is 0 Å². The van der Waals surface area contributed by atoms with Gasteiger partial charge in [-0.1, -0.05) is 11.6 Å². The smallest absolute Gasteiger partial charge is 0.404 e. The maximum absolute atomic E-state index is 14.1. The van der Waals surface area contributed by atoms with Gasteiger partial charge in [0.15, 0.2) is 16.0 Å². The molecular weight excluding hydrogens is 352 g/mol. The lowest BCUT2D eigenvalue weighted by Crippen LogP contribution is -2.37. The topological polar surface area (TPSA) is 48.4 Å². The quantitative estimate of drug-likeness (QED) is 0.707. The number of ether oxygens (including phenoxy) is 2. The number of hydrogen-bond acceptors (Lipinski definition) is 5. The maximum Gasteiger partial charge on any atom is 0.404 e. The standard InChI is InChI=1S/C14H12Cl2FNO3S/c15-13-18-8-5-7(17)11(6-12(8)22-13)20-9-3-1-2-4-10(9)21-14(16)19/h5-6,9-10H,1-4H2/t9-,10+/m1/s1. The van der Waals surface area contributed by atoms with E-state index in [1.165, 1.54) is 17.4 Å². The van der Waals surface area contributed by atoms with Gasteiger partial charge in [-0.15, -0.1) is 11.3 Å². The average molecular weight is 364 g/mol. The van der Waals surface area contributed by atoms with Crippen molar-refractivity contribution >= 4 is 50.2 Å². The first-order valence-corrected chi connectivity index (χ1v) is 8.38. The molecule has 0 saturated heterocycles. The van der Waals surface area contributed by atoms with Crippen molar-refractivity contribution in [1.29, 1.82) is 0 Å². The second kappa shape index (κ2) is 6.56. The third kappa shape index (κ3) is 3.45. The Morgan fingerprint density at radius 3 is 2.77 bits per heavy atom. The van der Waals surface area contributed by atoms with Gasteiger partial charge < -0.3 is 9.47 Å². The molecular formula is C14H12Cl2FNO3S. The molecule has 0 bridgehead atoms. The number of rotatable bonds is 3. The van der Waals surface area contributed by atoms with Crippen LogP contribution in [0.25, 0.3) is 10.2 Å². The van der Waals surface area contributed by atoms with Crippen molar-refractivity contribution in [3.63, 3.8) is 0 Å². The molecule has 1 fully saturated rings. The van der Waals surface area contributed by atoms with Crippen LogP contribution in [0, 0.1) is 5.82 Å². The number of fused-ring (bicyclic) bond motifs is 1. The Balaban J connectivity index is 1.83. The van der Waals surface area contributed by atoms with Crippen molar-refractivity contribution in [3.05, 3.63) is 22.4 Å². The summed E-state index contributed by atoms with van der Waals surface area (Å²) in [6.45, 7) is 0. The summed E-state index contributed by atoms with van der Waals surface area (Å²) in [5.41, 5.74) is -0.377. The number of thiazole rings is 1. The van der Waals surface area contributed by atoms with Crippen molar-refractivity contribution in [1.82, 2.24) is 4.98 Å². The highest BCUT2D eigenvalue weighted by molar-refractivity contribution is 7.22. The predicted molar refractivity (Wildman–Crippen MR) is 83.6 cm³/mol. The van der Waals surface area contributed by atoms with E-state index in [-0.39, 0.29) is 5.75 Å². The van der Waals surface area contributed by atoms with Gasteiger partial charge in [0.2, 0.25) is 0 Å². The summed E-state index contributed by atoms with van der Waals surface area (Å²) in [7, 11) is 0. The second-order valence-electron chi connectivity index (χ2n) is 5.05. The van der Waals surface area contributed by atoms with E-state index in [9.17, 15) is 9.18 Å². The molecule has 0 spiro atoms. The Kier molecular flexibility index (Phi) is 4.70. The highest BCUT2D eigenvalue weighted by Crippen LogP contribution is 2.33. The van der Waals surface area contributed by atoms with Gasteiger partial charge in [-0.2, -0.15) is 0 Å². The zero-order valence-corrected chi connectivity index (χ0v) is 13.7. The predicted octanol–water partition coefficient (Wildman–Crippen LogP) is 5.15. The number of carbonyl (C=O) groups is 1. The molecule has 4 nitrogen and oxygen atoms in total. The molecule has 3 rings (SSSR count). The summed E-state index contributed by atoms with van der Waals surface area (Å²) < 4.78 is 26.0. The number of hydrogen-bond donors (Lipinski definition) is 0. The van der Waals surface area contributed by atoms with Crippen molar-refractivity contribution < 1.29 is 18.7 Å². The van der Waals surface area contributed by atoms with Crippen LogP contribution in [0.15, 0.2) is 12.1 Å². The fourth-order valence-corrected chi connectivity index (χ4v) is 3.76. The molecule has 2 aromatic rings. The van der Waals surface area contributed by atoms with Crippen LogP contribution in [0.5, 0.6) is 5.75 Å². The summed E-state index contributed by atoms with van der Waals surface area (Å²) in [6, 6.07) is 2.86. The minimum Gasteiger partial charge on any atom is -0.483 e. The third-order valence-electron chi connectivity index (χ3n) is 3.58. The molecule has 1 aromatic carbocycles. The summed E-state index contributed by atoms with van der Waals surface area (Å²) >= 11 is 12.4. The van der Waals surface area contributed by atoms with Crippen LogP contribution in [-0.2, 0) is 4.74 Å². The van der Waals surface area contributed by atoms with E-state index in [1.54, 1.807) is 6.07 Å². The average Bonchev–Trinajstić information content (AvgIpc) is 2.80. The molecule has 22 heavy (non-hydrogen) atoms. The van der Waals surface area contributed by atoms with Crippen LogP contribution in [0.2, 0.25) is 4.47 Å². The van der Waals surface area contributed by atoms with E-state index in [4.69, 9.17) is 32.7 Å². The van der Waals surface area contributed by atoms with Gasteiger partial charge in [0.1, 0.15) is 12.2 Å². The summed E-state index contributed by atoms with van der Waals surface area (Å²) in [5, 5.41) is 0. The second-order valence-corrected chi connectivity index (χ2v) is 6.97. The Morgan fingerprint density at radius 1 is 1.32 bits per heavy atom. The maximum atomic E-state index is 14.1. The first-order chi connectivity index (χ1) is 10.5. The SMILES string of the molecule is O=C(Cl)O[C@H]1CCCC[C@H]1Oc1cc2sc(Cl)nc2cc1F. The fraction of sp³-hybridized carbons (Fsp3) is 0.429. The summed E-state index contributed by atoms with van der Waals surface area (Å²) in [4.78, 5) is 15.0. The number of aromatic nitrogens is 1. The van der Waals surface area contributed by atoms with E-state index < -0.39 is 23.5 Å². The number of nitrogens with zero attached hydrogens (tertiary/aromatic N) is 1. The van der Waals surface area contributed by atoms with Crippen molar-refractivity contribution in [2.45, 2.75) is 37.9 Å². The van der Waals surface area contributed by atoms with Gasteiger partial charge in [-0.05, 0) is 25.7 Å². The molecule has 1 saturated carbocycles. The molecule has 0 unspecified atom stereocenters. The van der Waals surface area contributed by atoms with Crippen LogP contribution < -0.4 is 4.74 Å². The molecule has 0 aliphatic heterocycles. The number of carbonyl (C=O) groups excluding carboxylic acids is 1. The van der Waals surface area contributed by atoms with E-state index in [2.05, 4.69) is 4.98 Å². The molecule has 0 radical (unpaired) electrons. The molecule has 0 N–H and O–H groups in total. The number of halogens is 3. The normalized spacial score (nSPS) is 21.8. The molecule has 1 aliphatic carbocycles. The van der Waals surface area contributed by atoms with Crippen molar-refractivity contribution in [3.8, 4) is 5.75 Å². The fourth-order valence-electron chi connectivity index (χ4n) is 2.61. The highest BCUT2D eigenvalue weighted by atomic mass is 35.5. The molecule has 1 aromatic heterocycles. The van der Waals surface area contributed by atoms with Crippen LogP contribution in [0.1, 0.15) is 25.7 Å². The summed E-state index contributed by atoms with van der Waals surface area (Å²) in [5.74, 6) is -0.411. The van der Waals surface area contributed by atoms with E-state index in [0.717, 1.165) is 17.5 Å². The van der Waals surface area contributed by atoms with Gasteiger partial charge >= 0.3 is 5.43 Å². The van der Waals surface area contributed by atoms with Gasteiger partial charge in [0, 0.05) is 23.7 Å². The first kappa shape index (κ1) is 15.8. The Bertz CT molecular complexity index is 709. The largest absolute Gasteiger partial charge is 0.483 e. The van der Waals surface area contributed by atoms with Crippen LogP contribution in [-0.4, -0.2) is 22.6 Å². The molecule has 0 amide bonds. The zero-order valence-electron chi connectivity index (χ0n) is 11.4. The lowest BCUT2D eigenvalue weighted by molar-refractivity contribution is -0.000239. The lowest BCUT2D eigenvalue weighted by atomic mass is 9.94. The van der Waals surface area contributed by atoms with E-state index in [1.807, 2.05) is 0 Å². The van der Waals surface area contributed by atoms with Crippen molar-refractivity contribution in [2.24, 2.45) is 0 Å². The lowest BCUT2D eigenvalue weighted by Gasteiger charge is -2.30. The molecule has 2 atom stereocenters. The number of benzene rings is 1. The van der Waals surface area contributed by atoms with Crippen molar-refractivity contribution in [2.75, 3.05) is 0 Å². The zero-order chi connectivity index (χ0) is 15.7. The van der Waals surface area contributed by atoms with Crippen LogP contribution in [0.4, 0.5) is 9.18 Å². The summed E-state index contributed by atoms with van der Waals surface area (Å²) in [6.07, 6.45) is 2.30. The van der Waals surface area contributed by atoms with E-state index in [0.29, 0.717) is 22.8 Å². The Hall–Kier alpha value is -1.11. The monoisotopic (exact) mass is 363 g/mol. The molecule has 8 heteroatoms. The Morgan fingerprint density at radius 2 is 2.05 bits per heavy atom. The molecule has 1 aliphatic rings. The van der Waals surface area contributed by atoms with Crippen LogP contribution >= 0.6 is 34.5 Å². The van der Waals surface area contributed by atoms with E-state index >= 15 is 0 Å². The highest BCUT2D eigenvalue weighted by Gasteiger charge is 2.30. The van der Waals surface area contributed by atoms with Gasteiger partial charge in [-0.25, -0.2) is 14.2 Å². The minimum absolute atomic E-state index is 0.107. The minimum atomic E-state index is -0.870.